The maximum atomic E-state index is 14.0. The number of carbonyl (C=O) groups is 2. The molecule has 0 atom stereocenters. The smallest absolute Gasteiger partial charge is 0.338 e. The van der Waals surface area contributed by atoms with Crippen LogP contribution in [-0.2, 0) is 9.53 Å². The molecule has 0 spiro atoms. The lowest BCUT2D eigenvalue weighted by Crippen LogP contribution is -2.36. The van der Waals surface area contributed by atoms with Gasteiger partial charge < -0.3 is 9.64 Å². The van der Waals surface area contributed by atoms with Crippen LogP contribution in [0.15, 0.2) is 48.5 Å². The quantitative estimate of drug-likeness (QED) is 0.746. The standard InChI is InChI=1S/C19H14FN3O3/c20-16-4-1-2-5-17(16)23(11-3-10-21)18(24)13-26-19(25)15-8-6-14(12-22)7-9-15/h1-2,4-9H,3,11,13H2. The van der Waals surface area contributed by atoms with Crippen LogP contribution < -0.4 is 4.90 Å². The molecule has 2 aromatic carbocycles. The van der Waals surface area contributed by atoms with Gasteiger partial charge in [0.2, 0.25) is 0 Å². The number of nitriles is 2. The molecular formula is C19H14FN3O3. The highest BCUT2D eigenvalue weighted by atomic mass is 19.1. The number of hydrogen-bond donors (Lipinski definition) is 0. The van der Waals surface area contributed by atoms with Gasteiger partial charge in [-0.3, -0.25) is 4.79 Å². The number of halogens is 1. The SMILES string of the molecule is N#CCCN(C(=O)COC(=O)c1ccc(C#N)cc1)c1ccccc1F. The summed E-state index contributed by atoms with van der Waals surface area (Å²) >= 11 is 0. The lowest BCUT2D eigenvalue weighted by molar-refractivity contribution is -0.121. The highest BCUT2D eigenvalue weighted by Gasteiger charge is 2.20. The predicted octanol–water partition coefficient (Wildman–Crippen LogP) is 2.80. The number of ether oxygens (including phenoxy) is 1. The number of anilines is 1. The Labute approximate surface area is 149 Å². The molecule has 0 saturated heterocycles. The summed E-state index contributed by atoms with van der Waals surface area (Å²) in [6.45, 7) is -0.622. The molecule has 0 saturated carbocycles. The fraction of sp³-hybridized carbons (Fsp3) is 0.158. The van der Waals surface area contributed by atoms with E-state index in [0.717, 1.165) is 4.90 Å². The lowest BCUT2D eigenvalue weighted by Gasteiger charge is -2.22. The first-order chi connectivity index (χ1) is 12.6. The molecule has 0 aliphatic carbocycles. The van der Waals surface area contributed by atoms with Crippen molar-refractivity contribution in [3.63, 3.8) is 0 Å². The molecule has 0 aromatic heterocycles. The first-order valence-electron chi connectivity index (χ1n) is 7.66. The van der Waals surface area contributed by atoms with E-state index in [9.17, 15) is 14.0 Å². The largest absolute Gasteiger partial charge is 0.452 e. The van der Waals surface area contributed by atoms with E-state index < -0.39 is 24.3 Å². The average Bonchev–Trinajstić information content (AvgIpc) is 2.67. The van der Waals surface area contributed by atoms with E-state index in [1.807, 2.05) is 12.1 Å². The summed E-state index contributed by atoms with van der Waals surface area (Å²) in [7, 11) is 0. The molecule has 7 heteroatoms. The van der Waals surface area contributed by atoms with Crippen LogP contribution in [0.2, 0.25) is 0 Å². The molecule has 0 heterocycles. The van der Waals surface area contributed by atoms with Gasteiger partial charge in [-0.1, -0.05) is 12.1 Å². The van der Waals surface area contributed by atoms with Crippen LogP contribution in [0.5, 0.6) is 0 Å². The summed E-state index contributed by atoms with van der Waals surface area (Å²) in [6.07, 6.45) is 0.00361. The summed E-state index contributed by atoms with van der Waals surface area (Å²) < 4.78 is 18.9. The zero-order valence-electron chi connectivity index (χ0n) is 13.7. The summed E-state index contributed by atoms with van der Waals surface area (Å²) in [5, 5.41) is 17.5. The van der Waals surface area contributed by atoms with Crippen molar-refractivity contribution in [1.29, 1.82) is 10.5 Å². The maximum absolute atomic E-state index is 14.0. The summed E-state index contributed by atoms with van der Waals surface area (Å²) in [4.78, 5) is 25.4. The van der Waals surface area contributed by atoms with E-state index in [-0.39, 0.29) is 24.2 Å². The normalized spacial score (nSPS) is 9.65. The van der Waals surface area contributed by atoms with E-state index in [1.54, 1.807) is 6.07 Å². The van der Waals surface area contributed by atoms with Crippen LogP contribution in [0.4, 0.5) is 10.1 Å². The van der Waals surface area contributed by atoms with Crippen molar-refractivity contribution < 1.29 is 18.7 Å². The van der Waals surface area contributed by atoms with Gasteiger partial charge in [-0.25, -0.2) is 9.18 Å². The van der Waals surface area contributed by atoms with Crippen molar-refractivity contribution in [3.05, 3.63) is 65.5 Å². The minimum Gasteiger partial charge on any atom is -0.452 e. The Kier molecular flexibility index (Phi) is 6.41. The van der Waals surface area contributed by atoms with Crippen molar-refractivity contribution in [2.75, 3.05) is 18.1 Å². The third-order valence-electron chi connectivity index (χ3n) is 3.47. The Morgan fingerprint density at radius 2 is 1.77 bits per heavy atom. The van der Waals surface area contributed by atoms with Crippen LogP contribution in [0.25, 0.3) is 0 Å². The molecule has 0 aliphatic heterocycles. The minimum absolute atomic E-state index is 0.00361. The molecule has 2 aromatic rings. The molecule has 130 valence electrons. The van der Waals surface area contributed by atoms with Crippen LogP contribution in [0, 0.1) is 28.5 Å². The number of carbonyl (C=O) groups excluding carboxylic acids is 2. The van der Waals surface area contributed by atoms with Crippen molar-refractivity contribution in [3.8, 4) is 12.1 Å². The maximum Gasteiger partial charge on any atom is 0.338 e. The minimum atomic E-state index is -0.739. The Hall–Kier alpha value is -3.71. The van der Waals surface area contributed by atoms with Gasteiger partial charge in [-0.05, 0) is 36.4 Å². The number of amides is 1. The van der Waals surface area contributed by atoms with Crippen LogP contribution in [0.3, 0.4) is 0 Å². The zero-order valence-corrected chi connectivity index (χ0v) is 13.7. The van der Waals surface area contributed by atoms with Crippen molar-refractivity contribution in [2.24, 2.45) is 0 Å². The summed E-state index contributed by atoms with van der Waals surface area (Å²) in [6, 6.07) is 15.2. The average molecular weight is 351 g/mol. The molecule has 0 unspecified atom stereocenters. The Morgan fingerprint density at radius 3 is 2.38 bits per heavy atom. The Morgan fingerprint density at radius 1 is 1.08 bits per heavy atom. The van der Waals surface area contributed by atoms with Gasteiger partial charge in [-0.2, -0.15) is 10.5 Å². The highest BCUT2D eigenvalue weighted by Crippen LogP contribution is 2.19. The lowest BCUT2D eigenvalue weighted by atomic mass is 10.1. The second-order valence-electron chi connectivity index (χ2n) is 5.17. The Balaban J connectivity index is 2.07. The number of benzene rings is 2. The van der Waals surface area contributed by atoms with Crippen LogP contribution in [0.1, 0.15) is 22.3 Å². The summed E-state index contributed by atoms with van der Waals surface area (Å²) in [5.41, 5.74) is 0.591. The molecule has 26 heavy (non-hydrogen) atoms. The number of para-hydroxylation sites is 1. The van der Waals surface area contributed by atoms with Gasteiger partial charge in [-0.15, -0.1) is 0 Å². The predicted molar refractivity (Wildman–Crippen MR) is 90.4 cm³/mol. The third-order valence-corrected chi connectivity index (χ3v) is 3.47. The molecule has 0 aliphatic rings. The van der Waals surface area contributed by atoms with E-state index >= 15 is 0 Å². The van der Waals surface area contributed by atoms with E-state index in [0.29, 0.717) is 5.56 Å². The van der Waals surface area contributed by atoms with E-state index in [4.69, 9.17) is 15.3 Å². The molecule has 2 rings (SSSR count). The topological polar surface area (TPSA) is 94.2 Å². The van der Waals surface area contributed by atoms with Crippen molar-refractivity contribution >= 4 is 17.6 Å². The van der Waals surface area contributed by atoms with Crippen molar-refractivity contribution in [2.45, 2.75) is 6.42 Å². The fourth-order valence-corrected chi connectivity index (χ4v) is 2.18. The molecule has 6 nitrogen and oxygen atoms in total. The first-order valence-corrected chi connectivity index (χ1v) is 7.66. The van der Waals surface area contributed by atoms with Gasteiger partial charge in [0.15, 0.2) is 6.61 Å². The molecule has 1 amide bonds. The van der Waals surface area contributed by atoms with E-state index in [1.165, 1.54) is 42.5 Å². The van der Waals surface area contributed by atoms with Crippen LogP contribution in [-0.4, -0.2) is 25.0 Å². The monoisotopic (exact) mass is 351 g/mol. The number of nitrogens with zero attached hydrogens (tertiary/aromatic N) is 3. The van der Waals surface area contributed by atoms with Gasteiger partial charge in [0, 0.05) is 6.54 Å². The number of hydrogen-bond acceptors (Lipinski definition) is 5. The number of esters is 1. The molecule has 0 bridgehead atoms. The van der Waals surface area contributed by atoms with E-state index in [2.05, 4.69) is 0 Å². The number of rotatable bonds is 6. The third kappa shape index (κ3) is 4.65. The van der Waals surface area contributed by atoms with Gasteiger partial charge >= 0.3 is 5.97 Å². The fourth-order valence-electron chi connectivity index (χ4n) is 2.18. The van der Waals surface area contributed by atoms with Crippen LogP contribution >= 0.6 is 0 Å². The highest BCUT2D eigenvalue weighted by molar-refractivity contribution is 5.97. The second-order valence-corrected chi connectivity index (χ2v) is 5.17. The van der Waals surface area contributed by atoms with Gasteiger partial charge in [0.1, 0.15) is 5.82 Å². The first kappa shape index (κ1) is 18.6. The zero-order chi connectivity index (χ0) is 18.9. The molecule has 0 N–H and O–H groups in total. The van der Waals surface area contributed by atoms with Gasteiger partial charge in [0.25, 0.3) is 5.91 Å². The molecule has 0 radical (unpaired) electrons. The molecule has 0 fully saturated rings. The second kappa shape index (κ2) is 8.95. The van der Waals surface area contributed by atoms with Crippen molar-refractivity contribution in [1.82, 2.24) is 0 Å². The molecular weight excluding hydrogens is 337 g/mol. The Bertz CT molecular complexity index is 882. The van der Waals surface area contributed by atoms with Gasteiger partial charge in [0.05, 0.1) is 35.4 Å². The summed E-state index contributed by atoms with van der Waals surface area (Å²) in [5.74, 6) is -2.00.